The minimum absolute atomic E-state index is 0.220. The molecule has 0 aromatic heterocycles. The van der Waals surface area contributed by atoms with E-state index in [1.807, 2.05) is 6.92 Å². The van der Waals surface area contributed by atoms with Crippen molar-refractivity contribution in [2.75, 3.05) is 0 Å². The molecule has 1 amide bonds. The zero-order valence-electron chi connectivity index (χ0n) is 9.03. The first-order valence-corrected chi connectivity index (χ1v) is 5.64. The van der Waals surface area contributed by atoms with Crippen LogP contribution in [0, 0.1) is 5.92 Å². The van der Waals surface area contributed by atoms with Crippen molar-refractivity contribution in [3.63, 3.8) is 0 Å². The van der Waals surface area contributed by atoms with E-state index in [4.69, 9.17) is 11.6 Å². The van der Waals surface area contributed by atoms with Crippen LogP contribution < -0.4 is 5.43 Å². The lowest BCUT2D eigenvalue weighted by Gasteiger charge is -2.01. The van der Waals surface area contributed by atoms with Crippen molar-refractivity contribution in [2.45, 2.75) is 19.8 Å². The van der Waals surface area contributed by atoms with Gasteiger partial charge in [0.1, 0.15) is 0 Å². The maximum atomic E-state index is 11.7. The molecule has 0 atom stereocenters. The molecule has 2 rings (SSSR count). The lowest BCUT2D eigenvalue weighted by atomic mass is 10.2. The first-order chi connectivity index (χ1) is 7.66. The van der Waals surface area contributed by atoms with Crippen molar-refractivity contribution in [3.8, 4) is 0 Å². The van der Waals surface area contributed by atoms with Crippen LogP contribution in [-0.4, -0.2) is 11.6 Å². The molecule has 1 aromatic rings. The van der Waals surface area contributed by atoms with Gasteiger partial charge in [0.15, 0.2) is 0 Å². The molecule has 0 unspecified atom stereocenters. The van der Waals surface area contributed by atoms with Gasteiger partial charge in [-0.3, -0.25) is 4.79 Å². The Labute approximate surface area is 99.5 Å². The molecule has 84 valence electrons. The van der Waals surface area contributed by atoms with Crippen LogP contribution >= 0.6 is 11.6 Å². The molecule has 1 aliphatic carbocycles. The Kier molecular flexibility index (Phi) is 3.25. The average molecular weight is 237 g/mol. The summed E-state index contributed by atoms with van der Waals surface area (Å²) in [6.45, 7) is 1.94. The number of hydrogen-bond acceptors (Lipinski definition) is 2. The Balaban J connectivity index is 2.00. The van der Waals surface area contributed by atoms with Gasteiger partial charge in [0.05, 0.1) is 0 Å². The Hall–Kier alpha value is -1.35. The number of amides is 1. The molecule has 1 aromatic carbocycles. The second kappa shape index (κ2) is 4.66. The predicted octanol–water partition coefficient (Wildman–Crippen LogP) is 2.86. The normalized spacial score (nSPS) is 16.0. The minimum atomic E-state index is -0.220. The number of halogens is 1. The number of benzene rings is 1. The van der Waals surface area contributed by atoms with Crippen LogP contribution in [0.1, 0.15) is 30.1 Å². The molecule has 0 heterocycles. The number of nitrogens with zero attached hydrogens (tertiary/aromatic N) is 1. The summed E-state index contributed by atoms with van der Waals surface area (Å²) in [6.07, 6.45) is 2.37. The monoisotopic (exact) mass is 236 g/mol. The molecule has 0 spiro atoms. The molecule has 0 bridgehead atoms. The van der Waals surface area contributed by atoms with E-state index < -0.39 is 0 Å². The third-order valence-electron chi connectivity index (χ3n) is 2.59. The fourth-order valence-corrected chi connectivity index (χ4v) is 1.62. The molecule has 1 fully saturated rings. The van der Waals surface area contributed by atoms with Crippen molar-refractivity contribution in [2.24, 2.45) is 11.0 Å². The molecule has 16 heavy (non-hydrogen) atoms. The zero-order chi connectivity index (χ0) is 11.5. The van der Waals surface area contributed by atoms with Crippen LogP contribution in [0.5, 0.6) is 0 Å². The highest BCUT2D eigenvalue weighted by Gasteiger charge is 2.24. The van der Waals surface area contributed by atoms with Gasteiger partial charge in [0, 0.05) is 16.3 Å². The summed E-state index contributed by atoms with van der Waals surface area (Å²) in [5.74, 6) is 0.349. The van der Waals surface area contributed by atoms with E-state index in [-0.39, 0.29) is 5.91 Å². The SMILES string of the molecule is CC(=NNC(=O)c1cccc(Cl)c1)C1CC1. The maximum absolute atomic E-state index is 11.7. The maximum Gasteiger partial charge on any atom is 0.271 e. The quantitative estimate of drug-likeness (QED) is 0.636. The number of hydrazone groups is 1. The number of carbonyl (C=O) groups excluding carboxylic acids is 1. The first kappa shape index (κ1) is 11.1. The summed E-state index contributed by atoms with van der Waals surface area (Å²) in [5, 5.41) is 4.62. The van der Waals surface area contributed by atoms with Gasteiger partial charge in [-0.25, -0.2) is 5.43 Å². The Morgan fingerprint density at radius 1 is 1.50 bits per heavy atom. The van der Waals surface area contributed by atoms with Gasteiger partial charge in [0.2, 0.25) is 0 Å². The number of rotatable bonds is 3. The van der Waals surface area contributed by atoms with E-state index in [9.17, 15) is 4.79 Å². The average Bonchev–Trinajstić information content (AvgIpc) is 3.09. The van der Waals surface area contributed by atoms with Gasteiger partial charge in [-0.15, -0.1) is 0 Å². The molecule has 0 saturated heterocycles. The standard InChI is InChI=1S/C12H13ClN2O/c1-8(9-5-6-9)14-15-12(16)10-3-2-4-11(13)7-10/h2-4,7,9H,5-6H2,1H3,(H,15,16). The molecule has 0 radical (unpaired) electrons. The third-order valence-corrected chi connectivity index (χ3v) is 2.82. The van der Waals surface area contributed by atoms with E-state index in [0.717, 1.165) is 5.71 Å². The Bertz CT molecular complexity index is 438. The van der Waals surface area contributed by atoms with Crippen LogP contribution in [0.3, 0.4) is 0 Å². The van der Waals surface area contributed by atoms with Crippen LogP contribution in [0.4, 0.5) is 0 Å². The molecular formula is C12H13ClN2O. The van der Waals surface area contributed by atoms with Crippen LogP contribution in [-0.2, 0) is 0 Å². The number of hydrogen-bond donors (Lipinski definition) is 1. The second-order valence-corrected chi connectivity index (χ2v) is 4.42. The first-order valence-electron chi connectivity index (χ1n) is 5.27. The minimum Gasteiger partial charge on any atom is -0.267 e. The van der Waals surface area contributed by atoms with Gasteiger partial charge in [-0.2, -0.15) is 5.10 Å². The van der Waals surface area contributed by atoms with Crippen LogP contribution in [0.25, 0.3) is 0 Å². The molecule has 0 aliphatic heterocycles. The lowest BCUT2D eigenvalue weighted by molar-refractivity contribution is 0.0954. The summed E-state index contributed by atoms with van der Waals surface area (Å²) in [4.78, 5) is 11.7. The van der Waals surface area contributed by atoms with Crippen molar-refractivity contribution in [1.29, 1.82) is 0 Å². The van der Waals surface area contributed by atoms with Crippen molar-refractivity contribution >= 4 is 23.2 Å². The van der Waals surface area contributed by atoms with E-state index >= 15 is 0 Å². The highest BCUT2D eigenvalue weighted by Crippen LogP contribution is 2.30. The van der Waals surface area contributed by atoms with Crippen molar-refractivity contribution < 1.29 is 4.79 Å². The molecule has 1 saturated carbocycles. The summed E-state index contributed by atoms with van der Waals surface area (Å²) in [7, 11) is 0. The topological polar surface area (TPSA) is 41.5 Å². The molecule has 1 aliphatic rings. The lowest BCUT2D eigenvalue weighted by Crippen LogP contribution is -2.19. The smallest absolute Gasteiger partial charge is 0.267 e. The summed E-state index contributed by atoms with van der Waals surface area (Å²) in [5.41, 5.74) is 4.06. The zero-order valence-corrected chi connectivity index (χ0v) is 9.79. The predicted molar refractivity (Wildman–Crippen MR) is 64.8 cm³/mol. The summed E-state index contributed by atoms with van der Waals surface area (Å²) in [6, 6.07) is 6.81. The fraction of sp³-hybridized carbons (Fsp3) is 0.333. The second-order valence-electron chi connectivity index (χ2n) is 3.98. The van der Waals surface area contributed by atoms with Crippen molar-refractivity contribution in [1.82, 2.24) is 5.43 Å². The highest BCUT2D eigenvalue weighted by molar-refractivity contribution is 6.30. The van der Waals surface area contributed by atoms with Crippen LogP contribution in [0.2, 0.25) is 5.02 Å². The Morgan fingerprint density at radius 3 is 2.88 bits per heavy atom. The van der Waals surface area contributed by atoms with Crippen molar-refractivity contribution in [3.05, 3.63) is 34.9 Å². The van der Waals surface area contributed by atoms with Gasteiger partial charge < -0.3 is 0 Å². The van der Waals surface area contributed by atoms with E-state index in [1.165, 1.54) is 12.8 Å². The molecule has 3 nitrogen and oxygen atoms in total. The van der Waals surface area contributed by atoms with Crippen LogP contribution in [0.15, 0.2) is 29.4 Å². The van der Waals surface area contributed by atoms with E-state index in [1.54, 1.807) is 24.3 Å². The van der Waals surface area contributed by atoms with E-state index in [0.29, 0.717) is 16.5 Å². The highest BCUT2D eigenvalue weighted by atomic mass is 35.5. The molecule has 4 heteroatoms. The number of carbonyl (C=O) groups is 1. The van der Waals surface area contributed by atoms with Gasteiger partial charge >= 0.3 is 0 Å². The van der Waals surface area contributed by atoms with Gasteiger partial charge in [-0.1, -0.05) is 17.7 Å². The molecule has 1 N–H and O–H groups in total. The third kappa shape index (κ3) is 2.83. The Morgan fingerprint density at radius 2 is 2.25 bits per heavy atom. The van der Waals surface area contributed by atoms with Gasteiger partial charge in [0.25, 0.3) is 5.91 Å². The van der Waals surface area contributed by atoms with Gasteiger partial charge in [-0.05, 0) is 43.9 Å². The molecular weight excluding hydrogens is 224 g/mol. The number of nitrogens with one attached hydrogen (secondary N) is 1. The largest absolute Gasteiger partial charge is 0.271 e. The summed E-state index contributed by atoms with van der Waals surface area (Å²) < 4.78 is 0. The summed E-state index contributed by atoms with van der Waals surface area (Å²) >= 11 is 5.80. The fourth-order valence-electron chi connectivity index (χ4n) is 1.43. The van der Waals surface area contributed by atoms with E-state index in [2.05, 4.69) is 10.5 Å².